The fourth-order valence-electron chi connectivity index (χ4n) is 2.90. The number of methoxy groups -OCH3 is 1. The Morgan fingerprint density at radius 2 is 2.00 bits per heavy atom. The summed E-state index contributed by atoms with van der Waals surface area (Å²) in [4.78, 5) is 22.9. The van der Waals surface area contributed by atoms with Crippen LogP contribution in [0, 0.1) is 0 Å². The number of amides is 1. The van der Waals surface area contributed by atoms with Crippen molar-refractivity contribution in [2.75, 3.05) is 38.2 Å². The third-order valence-corrected chi connectivity index (χ3v) is 6.44. The number of rotatable bonds is 9. The Morgan fingerprint density at radius 1 is 1.18 bits per heavy atom. The zero-order valence-corrected chi connectivity index (χ0v) is 18.1. The molecule has 1 aromatic carbocycles. The van der Waals surface area contributed by atoms with Crippen LogP contribution in [-0.2, 0) is 4.79 Å². The number of nitrogens with zero attached hydrogens (tertiary/aromatic N) is 3. The summed E-state index contributed by atoms with van der Waals surface area (Å²) in [6, 6.07) is 9.82. The summed E-state index contributed by atoms with van der Waals surface area (Å²) in [6.45, 7) is 7.58. The lowest BCUT2D eigenvalue weighted by molar-refractivity contribution is -0.114. The monoisotopic (exact) mass is 415 g/mol. The summed E-state index contributed by atoms with van der Waals surface area (Å²) in [5, 5.41) is 2.70. The number of benzene rings is 1. The Hall–Kier alpha value is -2.22. The van der Waals surface area contributed by atoms with E-state index in [1.54, 1.807) is 29.4 Å². The van der Waals surface area contributed by atoms with Crippen LogP contribution in [0.5, 0.6) is 5.75 Å². The van der Waals surface area contributed by atoms with Gasteiger partial charge in [-0.15, -0.1) is 11.3 Å². The predicted octanol–water partition coefficient (Wildman–Crippen LogP) is 4.75. The van der Waals surface area contributed by atoms with E-state index in [-0.39, 0.29) is 5.91 Å². The lowest BCUT2D eigenvalue weighted by Gasteiger charge is -2.23. The molecule has 0 radical (unpaired) electrons. The number of thiophene rings is 1. The average molecular weight is 416 g/mol. The Morgan fingerprint density at radius 3 is 2.68 bits per heavy atom. The SMILES string of the molecule is CCN(CC)CCN(C(=O)C=Cc1cccs1)c1nc2c(OC)cccc2s1. The maximum absolute atomic E-state index is 13.0. The minimum atomic E-state index is -0.0569. The molecule has 3 aromatic rings. The second-order valence-electron chi connectivity index (χ2n) is 6.17. The first kappa shape index (κ1) is 20.5. The number of para-hydroxylation sites is 1. The summed E-state index contributed by atoms with van der Waals surface area (Å²) in [7, 11) is 1.64. The Balaban J connectivity index is 1.89. The van der Waals surface area contributed by atoms with Gasteiger partial charge in [0.1, 0.15) is 11.3 Å². The molecule has 5 nitrogen and oxygen atoms in total. The first-order chi connectivity index (χ1) is 13.7. The van der Waals surface area contributed by atoms with Crippen LogP contribution in [0.25, 0.3) is 16.3 Å². The number of anilines is 1. The van der Waals surface area contributed by atoms with Crippen molar-refractivity contribution in [3.05, 3.63) is 46.7 Å². The highest BCUT2D eigenvalue weighted by molar-refractivity contribution is 7.22. The summed E-state index contributed by atoms with van der Waals surface area (Å²) in [5.41, 5.74) is 0.799. The molecule has 0 aliphatic rings. The van der Waals surface area contributed by atoms with E-state index in [0.29, 0.717) is 11.7 Å². The number of carbonyl (C=O) groups is 1. The molecule has 0 aliphatic heterocycles. The lowest BCUT2D eigenvalue weighted by atomic mass is 10.3. The standard InChI is InChI=1S/C21H25N3O2S2/c1-4-23(5-2)13-14-24(19(25)12-11-16-8-7-15-27-16)21-22-20-17(26-3)9-6-10-18(20)28-21/h6-12,15H,4-5,13-14H2,1-3H3. The van der Waals surface area contributed by atoms with Crippen molar-refractivity contribution in [2.45, 2.75) is 13.8 Å². The van der Waals surface area contributed by atoms with E-state index in [9.17, 15) is 4.79 Å². The maximum atomic E-state index is 13.0. The fourth-order valence-corrected chi connectivity index (χ4v) is 4.54. The summed E-state index contributed by atoms with van der Waals surface area (Å²) in [5.74, 6) is 0.670. The minimum absolute atomic E-state index is 0.0569. The van der Waals surface area contributed by atoms with Crippen LogP contribution in [0.4, 0.5) is 5.13 Å². The third-order valence-electron chi connectivity index (χ3n) is 4.56. The van der Waals surface area contributed by atoms with E-state index in [1.165, 1.54) is 11.3 Å². The highest BCUT2D eigenvalue weighted by Gasteiger charge is 2.20. The predicted molar refractivity (Wildman–Crippen MR) is 120 cm³/mol. The number of likely N-dealkylation sites (N-methyl/N-ethyl adjacent to an activating group) is 1. The second-order valence-corrected chi connectivity index (χ2v) is 8.16. The lowest BCUT2D eigenvalue weighted by Crippen LogP contribution is -2.38. The normalized spacial score (nSPS) is 11.6. The molecule has 0 bridgehead atoms. The third kappa shape index (κ3) is 4.79. The van der Waals surface area contributed by atoms with Crippen molar-refractivity contribution in [3.8, 4) is 5.75 Å². The molecule has 0 saturated carbocycles. The quantitative estimate of drug-likeness (QED) is 0.473. The number of thiazole rings is 1. The van der Waals surface area contributed by atoms with Gasteiger partial charge >= 0.3 is 0 Å². The Bertz CT molecular complexity index is 930. The number of ether oxygens (including phenoxy) is 1. The molecule has 2 aromatic heterocycles. The van der Waals surface area contributed by atoms with Crippen LogP contribution in [-0.4, -0.2) is 49.1 Å². The Labute approximate surface area is 173 Å². The molecule has 2 heterocycles. The minimum Gasteiger partial charge on any atom is -0.494 e. The molecule has 0 aliphatic carbocycles. The van der Waals surface area contributed by atoms with Crippen molar-refractivity contribution < 1.29 is 9.53 Å². The van der Waals surface area contributed by atoms with Crippen molar-refractivity contribution in [1.82, 2.24) is 9.88 Å². The second kappa shape index (κ2) is 9.82. The molecule has 0 N–H and O–H groups in total. The molecular formula is C21H25N3O2S2. The van der Waals surface area contributed by atoms with Crippen LogP contribution >= 0.6 is 22.7 Å². The molecule has 28 heavy (non-hydrogen) atoms. The molecule has 1 amide bonds. The van der Waals surface area contributed by atoms with Crippen molar-refractivity contribution in [3.63, 3.8) is 0 Å². The molecule has 7 heteroatoms. The average Bonchev–Trinajstić information content (AvgIpc) is 3.38. The smallest absolute Gasteiger partial charge is 0.252 e. The van der Waals surface area contributed by atoms with Gasteiger partial charge in [-0.3, -0.25) is 9.69 Å². The molecule has 0 fully saturated rings. The van der Waals surface area contributed by atoms with Gasteiger partial charge in [0.25, 0.3) is 5.91 Å². The van der Waals surface area contributed by atoms with Crippen molar-refractivity contribution in [2.24, 2.45) is 0 Å². The summed E-state index contributed by atoms with van der Waals surface area (Å²) >= 11 is 3.13. The van der Waals surface area contributed by atoms with Crippen molar-refractivity contribution >= 4 is 50.0 Å². The van der Waals surface area contributed by atoms with Gasteiger partial charge in [-0.25, -0.2) is 4.98 Å². The van der Waals surface area contributed by atoms with Gasteiger partial charge in [-0.1, -0.05) is 37.3 Å². The van der Waals surface area contributed by atoms with Gasteiger partial charge in [0.2, 0.25) is 0 Å². The van der Waals surface area contributed by atoms with Gasteiger partial charge in [-0.2, -0.15) is 0 Å². The molecule has 148 valence electrons. The number of carbonyl (C=O) groups excluding carboxylic acids is 1. The van der Waals surface area contributed by atoms with Crippen LogP contribution in [0.3, 0.4) is 0 Å². The van der Waals surface area contributed by atoms with E-state index < -0.39 is 0 Å². The molecular weight excluding hydrogens is 390 g/mol. The van der Waals surface area contributed by atoms with Gasteiger partial charge < -0.3 is 9.64 Å². The first-order valence-electron chi connectivity index (χ1n) is 9.35. The maximum Gasteiger partial charge on any atom is 0.252 e. The number of hydrogen-bond acceptors (Lipinski definition) is 6. The first-order valence-corrected chi connectivity index (χ1v) is 11.0. The van der Waals surface area contributed by atoms with Crippen LogP contribution in [0.2, 0.25) is 0 Å². The topological polar surface area (TPSA) is 45.7 Å². The van der Waals surface area contributed by atoms with E-state index >= 15 is 0 Å². The highest BCUT2D eigenvalue weighted by atomic mass is 32.1. The van der Waals surface area contributed by atoms with Gasteiger partial charge in [0.15, 0.2) is 5.13 Å². The largest absolute Gasteiger partial charge is 0.494 e. The highest BCUT2D eigenvalue weighted by Crippen LogP contribution is 2.34. The molecule has 0 atom stereocenters. The zero-order valence-electron chi connectivity index (χ0n) is 16.4. The zero-order chi connectivity index (χ0) is 19.9. The molecule has 0 unspecified atom stereocenters. The van der Waals surface area contributed by atoms with E-state index in [1.807, 2.05) is 41.8 Å². The summed E-state index contributed by atoms with van der Waals surface area (Å²) < 4.78 is 6.44. The van der Waals surface area contributed by atoms with Crippen LogP contribution in [0.15, 0.2) is 41.8 Å². The van der Waals surface area contributed by atoms with E-state index in [4.69, 9.17) is 9.72 Å². The van der Waals surface area contributed by atoms with E-state index in [2.05, 4.69) is 18.7 Å². The van der Waals surface area contributed by atoms with Crippen LogP contribution in [0.1, 0.15) is 18.7 Å². The van der Waals surface area contributed by atoms with Gasteiger partial charge in [0.05, 0.1) is 11.8 Å². The van der Waals surface area contributed by atoms with Gasteiger partial charge in [0, 0.05) is 24.0 Å². The number of hydrogen-bond donors (Lipinski definition) is 0. The Kier molecular flexibility index (Phi) is 7.19. The number of fused-ring (bicyclic) bond motifs is 1. The van der Waals surface area contributed by atoms with Crippen molar-refractivity contribution in [1.29, 1.82) is 0 Å². The van der Waals surface area contributed by atoms with Crippen LogP contribution < -0.4 is 9.64 Å². The number of aromatic nitrogens is 1. The molecule has 3 rings (SSSR count). The van der Waals surface area contributed by atoms with Gasteiger partial charge in [-0.05, 0) is 42.7 Å². The molecule has 0 spiro atoms. The van der Waals surface area contributed by atoms with E-state index in [0.717, 1.165) is 40.5 Å². The fraction of sp³-hybridized carbons (Fsp3) is 0.333. The molecule has 0 saturated heterocycles. The summed E-state index contributed by atoms with van der Waals surface area (Å²) in [6.07, 6.45) is 3.50.